The highest BCUT2D eigenvalue weighted by atomic mass is 35.5. The van der Waals surface area contributed by atoms with Crippen molar-refractivity contribution in [2.45, 2.75) is 0 Å². The Kier molecular flexibility index (Phi) is 1.66. The lowest BCUT2D eigenvalue weighted by Gasteiger charge is -1.92. The number of nitrogens with zero attached hydrogens (tertiary/aromatic N) is 3. The van der Waals surface area contributed by atoms with E-state index in [1.807, 2.05) is 0 Å². The SMILES string of the molecule is O=C(O)c1cn2c(Cl)nccc2n1. The maximum atomic E-state index is 10.5. The maximum absolute atomic E-state index is 10.5. The van der Waals surface area contributed by atoms with E-state index >= 15 is 0 Å². The standard InChI is InChI=1S/C7H4ClN3O2/c8-7-9-2-1-5-10-4(6(12)13)3-11(5)7/h1-3H,(H,12,13). The largest absolute Gasteiger partial charge is 0.476 e. The molecule has 0 bridgehead atoms. The number of fused-ring (bicyclic) bond motifs is 1. The summed E-state index contributed by atoms with van der Waals surface area (Å²) in [5.74, 6) is -1.08. The number of imidazole rings is 1. The fraction of sp³-hybridized carbons (Fsp3) is 0. The topological polar surface area (TPSA) is 67.5 Å². The Bertz CT molecular complexity index is 480. The Morgan fingerprint density at radius 2 is 2.38 bits per heavy atom. The van der Waals surface area contributed by atoms with Crippen molar-refractivity contribution in [2.24, 2.45) is 0 Å². The van der Waals surface area contributed by atoms with Gasteiger partial charge in [0.2, 0.25) is 5.28 Å². The summed E-state index contributed by atoms with van der Waals surface area (Å²) in [6.07, 6.45) is 2.79. The van der Waals surface area contributed by atoms with Gasteiger partial charge in [-0.25, -0.2) is 14.8 Å². The van der Waals surface area contributed by atoms with Crippen molar-refractivity contribution in [3.05, 3.63) is 29.4 Å². The Morgan fingerprint density at radius 1 is 1.62 bits per heavy atom. The molecule has 2 aromatic rings. The molecular weight excluding hydrogens is 194 g/mol. The lowest BCUT2D eigenvalue weighted by molar-refractivity contribution is 0.0691. The van der Waals surface area contributed by atoms with Gasteiger partial charge in [0.1, 0.15) is 5.65 Å². The van der Waals surface area contributed by atoms with Gasteiger partial charge in [0.05, 0.1) is 0 Å². The van der Waals surface area contributed by atoms with Gasteiger partial charge in [0, 0.05) is 12.4 Å². The normalized spacial score (nSPS) is 10.5. The minimum absolute atomic E-state index is 0.0464. The average molecular weight is 198 g/mol. The Morgan fingerprint density at radius 3 is 3.00 bits per heavy atom. The summed E-state index contributed by atoms with van der Waals surface area (Å²) in [4.78, 5) is 18.1. The zero-order valence-electron chi connectivity index (χ0n) is 6.31. The molecule has 0 aromatic carbocycles. The summed E-state index contributed by atoms with van der Waals surface area (Å²) in [7, 11) is 0. The third-order valence-corrected chi connectivity index (χ3v) is 1.84. The predicted octanol–water partition coefficient (Wildman–Crippen LogP) is 1.08. The molecule has 0 atom stereocenters. The Hall–Kier alpha value is -1.62. The van der Waals surface area contributed by atoms with Gasteiger partial charge in [-0.05, 0) is 17.7 Å². The van der Waals surface area contributed by atoms with Crippen LogP contribution in [0.3, 0.4) is 0 Å². The van der Waals surface area contributed by atoms with Gasteiger partial charge in [-0.3, -0.25) is 4.40 Å². The van der Waals surface area contributed by atoms with Crippen LogP contribution < -0.4 is 0 Å². The number of aromatic carboxylic acids is 1. The van der Waals surface area contributed by atoms with Crippen LogP contribution in [0.4, 0.5) is 0 Å². The second kappa shape index (κ2) is 2.70. The van der Waals surface area contributed by atoms with Crippen molar-refractivity contribution in [3.63, 3.8) is 0 Å². The van der Waals surface area contributed by atoms with E-state index in [9.17, 15) is 4.79 Å². The van der Waals surface area contributed by atoms with Crippen molar-refractivity contribution < 1.29 is 9.90 Å². The highest BCUT2D eigenvalue weighted by Crippen LogP contribution is 2.10. The number of hydrogen-bond acceptors (Lipinski definition) is 3. The van der Waals surface area contributed by atoms with Crippen LogP contribution in [-0.2, 0) is 0 Å². The highest BCUT2D eigenvalue weighted by Gasteiger charge is 2.09. The van der Waals surface area contributed by atoms with Gasteiger partial charge in [-0.1, -0.05) is 0 Å². The van der Waals surface area contributed by atoms with E-state index in [-0.39, 0.29) is 11.0 Å². The molecule has 0 radical (unpaired) electrons. The third-order valence-electron chi connectivity index (χ3n) is 1.56. The molecule has 5 nitrogen and oxygen atoms in total. The molecule has 66 valence electrons. The third kappa shape index (κ3) is 1.23. The molecule has 0 unspecified atom stereocenters. The quantitative estimate of drug-likeness (QED) is 0.695. The van der Waals surface area contributed by atoms with Crippen LogP contribution in [0.25, 0.3) is 5.65 Å². The summed E-state index contributed by atoms with van der Waals surface area (Å²) in [5.41, 5.74) is 0.423. The molecule has 0 spiro atoms. The summed E-state index contributed by atoms with van der Waals surface area (Å²) >= 11 is 5.69. The van der Waals surface area contributed by atoms with Crippen LogP contribution in [0, 0.1) is 0 Å². The minimum Gasteiger partial charge on any atom is -0.476 e. The molecule has 2 rings (SSSR count). The van der Waals surface area contributed by atoms with E-state index in [4.69, 9.17) is 16.7 Å². The predicted molar refractivity (Wildman–Crippen MR) is 45.0 cm³/mol. The fourth-order valence-electron chi connectivity index (χ4n) is 0.991. The molecule has 0 saturated carbocycles. The zero-order chi connectivity index (χ0) is 9.42. The van der Waals surface area contributed by atoms with E-state index in [0.29, 0.717) is 5.65 Å². The molecule has 0 aliphatic rings. The Labute approximate surface area is 77.6 Å². The number of carbonyl (C=O) groups is 1. The molecule has 13 heavy (non-hydrogen) atoms. The van der Waals surface area contributed by atoms with Gasteiger partial charge in [0.15, 0.2) is 5.69 Å². The minimum atomic E-state index is -1.08. The molecular formula is C7H4ClN3O2. The van der Waals surface area contributed by atoms with Crippen molar-refractivity contribution in [1.29, 1.82) is 0 Å². The van der Waals surface area contributed by atoms with E-state index in [1.165, 1.54) is 16.8 Å². The molecule has 1 N–H and O–H groups in total. The first-order chi connectivity index (χ1) is 6.18. The highest BCUT2D eigenvalue weighted by molar-refractivity contribution is 6.28. The molecule has 2 aromatic heterocycles. The van der Waals surface area contributed by atoms with Gasteiger partial charge < -0.3 is 5.11 Å². The van der Waals surface area contributed by atoms with Gasteiger partial charge >= 0.3 is 5.97 Å². The lowest BCUT2D eigenvalue weighted by Crippen LogP contribution is -1.94. The van der Waals surface area contributed by atoms with Gasteiger partial charge in [-0.15, -0.1) is 0 Å². The first kappa shape index (κ1) is 8.00. The second-order valence-electron chi connectivity index (χ2n) is 2.37. The summed E-state index contributed by atoms with van der Waals surface area (Å²) in [6, 6.07) is 1.58. The molecule has 0 amide bonds. The van der Waals surface area contributed by atoms with Crippen LogP contribution in [0.2, 0.25) is 5.28 Å². The number of hydrogen-bond donors (Lipinski definition) is 1. The number of aromatic nitrogens is 3. The van der Waals surface area contributed by atoms with Crippen LogP contribution in [0.5, 0.6) is 0 Å². The number of rotatable bonds is 1. The molecule has 6 heteroatoms. The maximum Gasteiger partial charge on any atom is 0.356 e. The summed E-state index contributed by atoms with van der Waals surface area (Å²) in [5, 5.41) is 8.83. The molecule has 0 saturated heterocycles. The number of carboxylic acids is 1. The van der Waals surface area contributed by atoms with E-state index in [2.05, 4.69) is 9.97 Å². The second-order valence-corrected chi connectivity index (χ2v) is 2.71. The van der Waals surface area contributed by atoms with E-state index in [1.54, 1.807) is 6.07 Å². The number of halogens is 1. The van der Waals surface area contributed by atoms with Crippen LogP contribution in [-0.4, -0.2) is 25.4 Å². The van der Waals surface area contributed by atoms with Crippen LogP contribution >= 0.6 is 11.6 Å². The van der Waals surface area contributed by atoms with Crippen LogP contribution in [0.1, 0.15) is 10.5 Å². The fourth-order valence-corrected chi connectivity index (χ4v) is 1.18. The molecule has 0 aliphatic heterocycles. The Balaban J connectivity index is 2.75. The van der Waals surface area contributed by atoms with Crippen molar-refractivity contribution in [3.8, 4) is 0 Å². The van der Waals surface area contributed by atoms with E-state index < -0.39 is 5.97 Å². The van der Waals surface area contributed by atoms with Crippen molar-refractivity contribution >= 4 is 23.2 Å². The summed E-state index contributed by atoms with van der Waals surface area (Å²) < 4.78 is 1.41. The monoisotopic (exact) mass is 197 g/mol. The van der Waals surface area contributed by atoms with Gasteiger partial charge in [-0.2, -0.15) is 0 Å². The smallest absolute Gasteiger partial charge is 0.356 e. The zero-order valence-corrected chi connectivity index (χ0v) is 7.06. The van der Waals surface area contributed by atoms with Crippen LogP contribution in [0.15, 0.2) is 18.5 Å². The molecule has 0 aliphatic carbocycles. The van der Waals surface area contributed by atoms with Crippen molar-refractivity contribution in [1.82, 2.24) is 14.4 Å². The first-order valence-corrected chi connectivity index (χ1v) is 3.79. The van der Waals surface area contributed by atoms with Gasteiger partial charge in [0.25, 0.3) is 0 Å². The average Bonchev–Trinajstić information content (AvgIpc) is 2.49. The molecule has 2 heterocycles. The van der Waals surface area contributed by atoms with Crippen molar-refractivity contribution in [2.75, 3.05) is 0 Å². The number of carboxylic acid groups (broad SMARTS) is 1. The first-order valence-electron chi connectivity index (χ1n) is 3.41. The van der Waals surface area contributed by atoms with E-state index in [0.717, 1.165) is 0 Å². The molecule has 0 fully saturated rings. The summed E-state index contributed by atoms with van der Waals surface area (Å²) in [6.45, 7) is 0. The lowest BCUT2D eigenvalue weighted by atomic mass is 10.5.